The van der Waals surface area contributed by atoms with Crippen LogP contribution in [0.15, 0.2) is 42.5 Å². The van der Waals surface area contributed by atoms with Crippen molar-refractivity contribution in [1.82, 2.24) is 4.90 Å². The minimum absolute atomic E-state index is 0.218. The standard InChI is InChI=1S/C17H21FN2O/c1-20(2)12-14-6-9-17(21-3)16(10-14)19-11-13-4-7-15(18)8-5-13/h4-10,19H,11-12H2,1-3H3. The highest BCUT2D eigenvalue weighted by molar-refractivity contribution is 5.58. The number of ether oxygens (including phenoxy) is 1. The summed E-state index contributed by atoms with van der Waals surface area (Å²) in [4.78, 5) is 2.12. The van der Waals surface area contributed by atoms with E-state index in [9.17, 15) is 4.39 Å². The molecule has 0 bridgehead atoms. The zero-order valence-electron chi connectivity index (χ0n) is 12.7. The Labute approximate surface area is 125 Å². The lowest BCUT2D eigenvalue weighted by molar-refractivity contribution is 0.400. The Kier molecular flexibility index (Phi) is 5.17. The third-order valence-electron chi connectivity index (χ3n) is 3.16. The number of rotatable bonds is 6. The van der Waals surface area contributed by atoms with Crippen LogP contribution in [0.5, 0.6) is 5.75 Å². The summed E-state index contributed by atoms with van der Waals surface area (Å²) < 4.78 is 18.3. The molecule has 0 aliphatic carbocycles. The van der Waals surface area contributed by atoms with Crippen LogP contribution in [-0.4, -0.2) is 26.1 Å². The van der Waals surface area contributed by atoms with Gasteiger partial charge in [0.25, 0.3) is 0 Å². The van der Waals surface area contributed by atoms with E-state index < -0.39 is 0 Å². The monoisotopic (exact) mass is 288 g/mol. The minimum Gasteiger partial charge on any atom is -0.495 e. The maximum atomic E-state index is 12.9. The zero-order valence-corrected chi connectivity index (χ0v) is 12.7. The first kappa shape index (κ1) is 15.3. The number of halogens is 1. The molecule has 21 heavy (non-hydrogen) atoms. The average Bonchev–Trinajstić information content (AvgIpc) is 2.46. The predicted molar refractivity (Wildman–Crippen MR) is 84.1 cm³/mol. The van der Waals surface area contributed by atoms with Gasteiger partial charge < -0.3 is 15.0 Å². The minimum atomic E-state index is -0.218. The zero-order chi connectivity index (χ0) is 15.2. The van der Waals surface area contributed by atoms with Gasteiger partial charge in [0.2, 0.25) is 0 Å². The van der Waals surface area contributed by atoms with Crippen molar-refractivity contribution >= 4 is 5.69 Å². The van der Waals surface area contributed by atoms with Crippen molar-refractivity contribution in [2.24, 2.45) is 0 Å². The molecule has 112 valence electrons. The van der Waals surface area contributed by atoms with Gasteiger partial charge in [-0.3, -0.25) is 0 Å². The average molecular weight is 288 g/mol. The molecular formula is C17H21FN2O. The SMILES string of the molecule is COc1ccc(CN(C)C)cc1NCc1ccc(F)cc1. The molecule has 0 heterocycles. The predicted octanol–water partition coefficient (Wildman–Crippen LogP) is 3.51. The molecule has 3 nitrogen and oxygen atoms in total. The fraction of sp³-hybridized carbons (Fsp3) is 0.294. The Balaban J connectivity index is 2.11. The van der Waals surface area contributed by atoms with Crippen LogP contribution < -0.4 is 10.1 Å². The summed E-state index contributed by atoms with van der Waals surface area (Å²) in [5, 5.41) is 3.35. The number of benzene rings is 2. The maximum absolute atomic E-state index is 12.9. The van der Waals surface area contributed by atoms with Gasteiger partial charge in [0.15, 0.2) is 0 Å². The Hall–Kier alpha value is -2.07. The molecule has 4 heteroatoms. The van der Waals surface area contributed by atoms with Crippen LogP contribution in [0.4, 0.5) is 10.1 Å². The molecule has 2 aromatic carbocycles. The molecule has 0 fully saturated rings. The smallest absolute Gasteiger partial charge is 0.141 e. The lowest BCUT2D eigenvalue weighted by Crippen LogP contribution is -2.11. The highest BCUT2D eigenvalue weighted by Crippen LogP contribution is 2.26. The van der Waals surface area contributed by atoms with Gasteiger partial charge in [-0.2, -0.15) is 0 Å². The number of hydrogen-bond acceptors (Lipinski definition) is 3. The van der Waals surface area contributed by atoms with E-state index in [1.165, 1.54) is 17.7 Å². The number of nitrogens with one attached hydrogen (secondary N) is 1. The van der Waals surface area contributed by atoms with Crippen molar-refractivity contribution in [1.29, 1.82) is 0 Å². The van der Waals surface area contributed by atoms with Gasteiger partial charge in [0.05, 0.1) is 12.8 Å². The Bertz CT molecular complexity index is 582. The molecule has 2 aromatic rings. The van der Waals surface area contributed by atoms with Gasteiger partial charge in [-0.1, -0.05) is 18.2 Å². The van der Waals surface area contributed by atoms with Gasteiger partial charge in [-0.25, -0.2) is 4.39 Å². The van der Waals surface area contributed by atoms with Crippen LogP contribution in [0.25, 0.3) is 0 Å². The maximum Gasteiger partial charge on any atom is 0.141 e. The lowest BCUT2D eigenvalue weighted by Gasteiger charge is -2.15. The molecular weight excluding hydrogens is 267 g/mol. The summed E-state index contributed by atoms with van der Waals surface area (Å²) >= 11 is 0. The Morgan fingerprint density at radius 1 is 1.05 bits per heavy atom. The summed E-state index contributed by atoms with van der Waals surface area (Å²) in [7, 11) is 5.73. The van der Waals surface area contributed by atoms with Crippen LogP contribution in [-0.2, 0) is 13.1 Å². The third-order valence-corrected chi connectivity index (χ3v) is 3.16. The molecule has 0 unspecified atom stereocenters. The first-order valence-electron chi connectivity index (χ1n) is 6.88. The van der Waals surface area contributed by atoms with Crippen LogP contribution >= 0.6 is 0 Å². The molecule has 0 amide bonds. The molecule has 0 saturated carbocycles. The molecule has 0 aromatic heterocycles. The van der Waals surface area contributed by atoms with Crippen molar-refractivity contribution < 1.29 is 9.13 Å². The van der Waals surface area contributed by atoms with E-state index in [0.717, 1.165) is 23.5 Å². The van der Waals surface area contributed by atoms with Crippen LogP contribution in [0.2, 0.25) is 0 Å². The normalized spacial score (nSPS) is 10.7. The molecule has 0 aliphatic rings. The van der Waals surface area contributed by atoms with Crippen LogP contribution in [0.3, 0.4) is 0 Å². The fourth-order valence-corrected chi connectivity index (χ4v) is 2.16. The van der Waals surface area contributed by atoms with Crippen molar-refractivity contribution in [3.63, 3.8) is 0 Å². The fourth-order valence-electron chi connectivity index (χ4n) is 2.16. The molecule has 0 saturated heterocycles. The van der Waals surface area contributed by atoms with Gasteiger partial charge in [0, 0.05) is 13.1 Å². The van der Waals surface area contributed by atoms with E-state index in [1.807, 2.05) is 20.2 Å². The van der Waals surface area contributed by atoms with E-state index in [2.05, 4.69) is 22.3 Å². The molecule has 0 aliphatic heterocycles. The van der Waals surface area contributed by atoms with Crippen molar-refractivity contribution in [2.45, 2.75) is 13.1 Å². The first-order valence-corrected chi connectivity index (χ1v) is 6.88. The second kappa shape index (κ2) is 7.09. The Morgan fingerprint density at radius 2 is 1.71 bits per heavy atom. The molecule has 0 atom stereocenters. The number of anilines is 1. The first-order chi connectivity index (χ1) is 10.1. The molecule has 0 radical (unpaired) electrons. The Morgan fingerprint density at radius 3 is 2.33 bits per heavy atom. The lowest BCUT2D eigenvalue weighted by atomic mass is 10.1. The van der Waals surface area contributed by atoms with E-state index >= 15 is 0 Å². The van der Waals surface area contributed by atoms with Crippen molar-refractivity contribution in [3.8, 4) is 5.75 Å². The summed E-state index contributed by atoms with van der Waals surface area (Å²) in [6.45, 7) is 1.50. The van der Waals surface area contributed by atoms with E-state index in [0.29, 0.717) is 6.54 Å². The van der Waals surface area contributed by atoms with Gasteiger partial charge in [-0.05, 0) is 49.5 Å². The number of methoxy groups -OCH3 is 1. The van der Waals surface area contributed by atoms with Gasteiger partial charge in [0.1, 0.15) is 11.6 Å². The van der Waals surface area contributed by atoms with Crippen molar-refractivity contribution in [2.75, 3.05) is 26.5 Å². The molecule has 2 rings (SSSR count). The van der Waals surface area contributed by atoms with Gasteiger partial charge >= 0.3 is 0 Å². The van der Waals surface area contributed by atoms with E-state index in [-0.39, 0.29) is 5.82 Å². The summed E-state index contributed by atoms with van der Waals surface area (Å²) in [6.07, 6.45) is 0. The molecule has 1 N–H and O–H groups in total. The second-order valence-electron chi connectivity index (χ2n) is 5.25. The van der Waals surface area contributed by atoms with Crippen LogP contribution in [0.1, 0.15) is 11.1 Å². The number of hydrogen-bond donors (Lipinski definition) is 1. The van der Waals surface area contributed by atoms with E-state index in [1.54, 1.807) is 19.2 Å². The van der Waals surface area contributed by atoms with Crippen molar-refractivity contribution in [3.05, 3.63) is 59.4 Å². The molecule has 0 spiro atoms. The highest BCUT2D eigenvalue weighted by Gasteiger charge is 2.05. The largest absolute Gasteiger partial charge is 0.495 e. The highest BCUT2D eigenvalue weighted by atomic mass is 19.1. The third kappa shape index (κ3) is 4.46. The summed E-state index contributed by atoms with van der Waals surface area (Å²) in [5.41, 5.74) is 3.18. The second-order valence-corrected chi connectivity index (χ2v) is 5.25. The quantitative estimate of drug-likeness (QED) is 0.880. The van der Waals surface area contributed by atoms with Crippen LogP contribution in [0, 0.1) is 5.82 Å². The summed E-state index contributed by atoms with van der Waals surface area (Å²) in [5.74, 6) is 0.587. The van der Waals surface area contributed by atoms with E-state index in [4.69, 9.17) is 4.74 Å². The topological polar surface area (TPSA) is 24.5 Å². The number of nitrogens with zero attached hydrogens (tertiary/aromatic N) is 1. The van der Waals surface area contributed by atoms with Gasteiger partial charge in [-0.15, -0.1) is 0 Å². The summed E-state index contributed by atoms with van der Waals surface area (Å²) in [6, 6.07) is 12.6.